The van der Waals surface area contributed by atoms with Crippen LogP contribution < -0.4 is 0 Å². The minimum Gasteiger partial charge on any atom is -0.389 e. The normalized spacial score (nSPS) is 21.9. The number of aliphatic hydroxyl groups excluding tert-OH is 1. The van der Waals surface area contributed by atoms with Crippen molar-refractivity contribution in [3.05, 3.63) is 0 Å². The molecule has 0 aliphatic carbocycles. The SMILES string of the molecule is CO[Si](CCCOCC(O)CN1CCCC1C)(OC)OC. The number of nitrogens with zero attached hydrogens (tertiary/aromatic N) is 1. The molecule has 7 heteroatoms. The summed E-state index contributed by atoms with van der Waals surface area (Å²) in [4.78, 5) is 2.33. The number of rotatable bonds is 11. The second-order valence-corrected chi connectivity index (χ2v) is 8.70. The third-order valence-electron chi connectivity index (χ3n) is 4.15. The zero-order chi connectivity index (χ0) is 15.7. The molecule has 1 rings (SSSR count). The summed E-state index contributed by atoms with van der Waals surface area (Å²) in [6.45, 7) is 4.96. The molecular weight excluding hydrogens is 290 g/mol. The topological polar surface area (TPSA) is 60.4 Å². The maximum absolute atomic E-state index is 9.99. The number of ether oxygens (including phenoxy) is 1. The molecule has 0 saturated carbocycles. The van der Waals surface area contributed by atoms with E-state index in [1.54, 1.807) is 21.3 Å². The largest absolute Gasteiger partial charge is 0.500 e. The van der Waals surface area contributed by atoms with E-state index in [0.717, 1.165) is 19.0 Å². The van der Waals surface area contributed by atoms with Crippen molar-refractivity contribution in [3.63, 3.8) is 0 Å². The van der Waals surface area contributed by atoms with Gasteiger partial charge < -0.3 is 23.1 Å². The summed E-state index contributed by atoms with van der Waals surface area (Å²) < 4.78 is 21.6. The Labute approximate surface area is 129 Å². The Morgan fingerprint density at radius 2 is 1.90 bits per heavy atom. The second-order valence-electron chi connectivity index (χ2n) is 5.61. The number of likely N-dealkylation sites (tertiary alicyclic amines) is 1. The number of hydrogen-bond donors (Lipinski definition) is 1. The first-order chi connectivity index (χ1) is 10.1. The van der Waals surface area contributed by atoms with Crippen molar-refractivity contribution < 1.29 is 23.1 Å². The number of hydrogen-bond acceptors (Lipinski definition) is 6. The van der Waals surface area contributed by atoms with Gasteiger partial charge in [-0.05, 0) is 32.7 Å². The maximum Gasteiger partial charge on any atom is 0.500 e. The lowest BCUT2D eigenvalue weighted by molar-refractivity contribution is 0.0145. The van der Waals surface area contributed by atoms with Gasteiger partial charge in [-0.1, -0.05) is 0 Å². The fourth-order valence-corrected chi connectivity index (χ4v) is 4.44. The fraction of sp³-hybridized carbons (Fsp3) is 1.00. The van der Waals surface area contributed by atoms with E-state index in [-0.39, 0.29) is 0 Å². The van der Waals surface area contributed by atoms with Crippen LogP contribution in [0.25, 0.3) is 0 Å². The summed E-state index contributed by atoms with van der Waals surface area (Å²) in [5.41, 5.74) is 0. The Morgan fingerprint density at radius 3 is 2.43 bits per heavy atom. The van der Waals surface area contributed by atoms with Gasteiger partial charge in [0.2, 0.25) is 0 Å². The highest BCUT2D eigenvalue weighted by Gasteiger charge is 2.36. The van der Waals surface area contributed by atoms with Crippen LogP contribution in [0.3, 0.4) is 0 Å². The molecule has 1 heterocycles. The standard InChI is InChI=1S/C14H31NO5Si/c1-13-7-5-8-15(13)11-14(16)12-20-9-6-10-21(17-2,18-3)19-4/h13-14,16H,5-12H2,1-4H3. The first kappa shape index (κ1) is 19.0. The van der Waals surface area contributed by atoms with Gasteiger partial charge in [0.1, 0.15) is 0 Å². The van der Waals surface area contributed by atoms with E-state index in [9.17, 15) is 5.11 Å². The lowest BCUT2D eigenvalue weighted by atomic mass is 10.2. The van der Waals surface area contributed by atoms with Crippen molar-refractivity contribution in [2.45, 2.75) is 44.4 Å². The van der Waals surface area contributed by atoms with Crippen molar-refractivity contribution in [2.75, 3.05) is 47.6 Å². The molecule has 2 atom stereocenters. The Kier molecular flexibility index (Phi) is 8.96. The average Bonchev–Trinajstić information content (AvgIpc) is 2.89. The second kappa shape index (κ2) is 9.89. The molecular formula is C14H31NO5Si. The van der Waals surface area contributed by atoms with Crippen LogP contribution in [0.1, 0.15) is 26.2 Å². The van der Waals surface area contributed by atoms with Crippen molar-refractivity contribution >= 4 is 8.80 Å². The Morgan fingerprint density at radius 1 is 1.24 bits per heavy atom. The van der Waals surface area contributed by atoms with E-state index in [1.165, 1.54) is 12.8 Å². The van der Waals surface area contributed by atoms with Gasteiger partial charge in [0.25, 0.3) is 0 Å². The van der Waals surface area contributed by atoms with Crippen molar-refractivity contribution in [3.8, 4) is 0 Å². The van der Waals surface area contributed by atoms with E-state index in [0.29, 0.717) is 25.8 Å². The van der Waals surface area contributed by atoms with Gasteiger partial charge in [0.05, 0.1) is 12.7 Å². The summed E-state index contributed by atoms with van der Waals surface area (Å²) in [6.07, 6.45) is 2.84. The monoisotopic (exact) mass is 321 g/mol. The molecule has 0 aromatic rings. The molecule has 1 N–H and O–H groups in total. The Balaban J connectivity index is 2.10. The molecule has 0 bridgehead atoms. The maximum atomic E-state index is 9.99. The Bertz CT molecular complexity index is 270. The molecule has 126 valence electrons. The molecule has 0 aromatic carbocycles. The molecule has 2 unspecified atom stereocenters. The molecule has 0 aromatic heterocycles. The molecule has 0 amide bonds. The Hall–Kier alpha value is -0.0231. The smallest absolute Gasteiger partial charge is 0.389 e. The highest BCUT2D eigenvalue weighted by Crippen LogP contribution is 2.17. The summed E-state index contributed by atoms with van der Waals surface area (Å²) in [5.74, 6) is 0. The lowest BCUT2D eigenvalue weighted by Crippen LogP contribution is -2.42. The molecule has 0 radical (unpaired) electrons. The zero-order valence-corrected chi connectivity index (χ0v) is 14.8. The van der Waals surface area contributed by atoms with Crippen LogP contribution in [0.5, 0.6) is 0 Å². The van der Waals surface area contributed by atoms with Gasteiger partial charge in [-0.15, -0.1) is 0 Å². The van der Waals surface area contributed by atoms with Gasteiger partial charge in [0.15, 0.2) is 0 Å². The molecule has 1 aliphatic rings. The highest BCUT2D eigenvalue weighted by molar-refractivity contribution is 6.60. The van der Waals surface area contributed by atoms with E-state index >= 15 is 0 Å². The summed E-state index contributed by atoms with van der Waals surface area (Å²) in [5, 5.41) is 9.99. The fourth-order valence-electron chi connectivity index (χ4n) is 2.75. The van der Waals surface area contributed by atoms with Crippen molar-refractivity contribution in [1.29, 1.82) is 0 Å². The number of β-amino-alcohol motifs (C(OH)–C–C–N with tert-alkyl or cyclic N) is 1. The molecule has 6 nitrogen and oxygen atoms in total. The van der Waals surface area contributed by atoms with Crippen LogP contribution in [0.2, 0.25) is 6.04 Å². The molecule has 1 aliphatic heterocycles. The van der Waals surface area contributed by atoms with E-state index < -0.39 is 14.9 Å². The van der Waals surface area contributed by atoms with Gasteiger partial charge in [0, 0.05) is 46.6 Å². The third kappa shape index (κ3) is 6.31. The van der Waals surface area contributed by atoms with E-state index in [4.69, 9.17) is 18.0 Å². The highest BCUT2D eigenvalue weighted by atomic mass is 28.4. The summed E-state index contributed by atoms with van der Waals surface area (Å²) >= 11 is 0. The summed E-state index contributed by atoms with van der Waals surface area (Å²) in [7, 11) is 2.35. The minimum absolute atomic E-state index is 0.380. The van der Waals surface area contributed by atoms with Crippen LogP contribution in [-0.4, -0.2) is 78.6 Å². The van der Waals surface area contributed by atoms with Crippen LogP contribution >= 0.6 is 0 Å². The first-order valence-corrected chi connectivity index (χ1v) is 9.65. The molecule has 21 heavy (non-hydrogen) atoms. The van der Waals surface area contributed by atoms with E-state index in [1.807, 2.05) is 0 Å². The first-order valence-electron chi connectivity index (χ1n) is 7.72. The molecule has 0 spiro atoms. The number of aliphatic hydroxyl groups is 1. The van der Waals surface area contributed by atoms with E-state index in [2.05, 4.69) is 11.8 Å². The van der Waals surface area contributed by atoms with Gasteiger partial charge in [-0.25, -0.2) is 0 Å². The lowest BCUT2D eigenvalue weighted by Gasteiger charge is -2.25. The predicted molar refractivity (Wildman–Crippen MR) is 83.3 cm³/mol. The predicted octanol–water partition coefficient (Wildman–Crippen LogP) is 1.12. The van der Waals surface area contributed by atoms with Gasteiger partial charge >= 0.3 is 8.80 Å². The quantitative estimate of drug-likeness (QED) is 0.454. The molecule has 1 fully saturated rings. The van der Waals surface area contributed by atoms with Crippen molar-refractivity contribution in [2.24, 2.45) is 0 Å². The van der Waals surface area contributed by atoms with Crippen LogP contribution in [0.4, 0.5) is 0 Å². The van der Waals surface area contributed by atoms with Crippen LogP contribution in [-0.2, 0) is 18.0 Å². The average molecular weight is 321 g/mol. The third-order valence-corrected chi connectivity index (χ3v) is 6.98. The minimum atomic E-state index is -2.48. The van der Waals surface area contributed by atoms with Gasteiger partial charge in [-0.3, -0.25) is 4.90 Å². The van der Waals surface area contributed by atoms with Crippen LogP contribution in [0.15, 0.2) is 0 Å². The van der Waals surface area contributed by atoms with Crippen LogP contribution in [0, 0.1) is 0 Å². The van der Waals surface area contributed by atoms with Gasteiger partial charge in [-0.2, -0.15) is 0 Å². The zero-order valence-electron chi connectivity index (χ0n) is 13.8. The molecule has 1 saturated heterocycles. The van der Waals surface area contributed by atoms with Crippen molar-refractivity contribution in [1.82, 2.24) is 4.90 Å². The summed E-state index contributed by atoms with van der Waals surface area (Å²) in [6, 6.07) is 1.30.